The highest BCUT2D eigenvalue weighted by Crippen LogP contribution is 2.32. The minimum absolute atomic E-state index is 0.181. The summed E-state index contributed by atoms with van der Waals surface area (Å²) in [6.45, 7) is 0. The molecular formula is C15H16F3NO. The topological polar surface area (TPSA) is 33.0 Å². The fraction of sp³-hybridized carbons (Fsp3) is 0.533. The highest BCUT2D eigenvalue weighted by atomic mass is 19.4. The van der Waals surface area contributed by atoms with Gasteiger partial charge in [0.15, 0.2) is 0 Å². The zero-order valence-electron chi connectivity index (χ0n) is 11.0. The first-order chi connectivity index (χ1) is 9.50. The molecule has 1 aromatic carbocycles. The van der Waals surface area contributed by atoms with Gasteiger partial charge in [0.1, 0.15) is 11.9 Å². The summed E-state index contributed by atoms with van der Waals surface area (Å²) in [5.74, 6) is 0.213. The van der Waals surface area contributed by atoms with Crippen LogP contribution in [0.4, 0.5) is 13.2 Å². The Labute approximate surface area is 116 Å². The summed E-state index contributed by atoms with van der Waals surface area (Å²) in [5, 5.41) is 9.14. The lowest BCUT2D eigenvalue weighted by Crippen LogP contribution is -2.24. The largest absolute Gasteiger partial charge is 0.489 e. The maximum Gasteiger partial charge on any atom is 0.416 e. The Kier molecular flexibility index (Phi) is 4.53. The summed E-state index contributed by atoms with van der Waals surface area (Å²) in [6.07, 6.45) is 0.0794. The standard InChI is InChI=1S/C15H16F3NO/c16-15(17,18)12-6-8-13(9-7-12)20-14-5-3-1-2-4-11(14)10-19/h6-9,11,14H,1-5H2. The van der Waals surface area contributed by atoms with Crippen molar-refractivity contribution in [3.05, 3.63) is 29.8 Å². The summed E-state index contributed by atoms with van der Waals surface area (Å²) >= 11 is 0. The summed E-state index contributed by atoms with van der Waals surface area (Å²) < 4.78 is 43.1. The molecule has 1 aliphatic carbocycles. The summed E-state index contributed by atoms with van der Waals surface area (Å²) in [7, 11) is 0. The third-order valence-electron chi connectivity index (χ3n) is 3.59. The second-order valence-corrected chi connectivity index (χ2v) is 5.05. The molecule has 5 heteroatoms. The lowest BCUT2D eigenvalue weighted by molar-refractivity contribution is -0.137. The average Bonchev–Trinajstić information content (AvgIpc) is 2.63. The van der Waals surface area contributed by atoms with E-state index in [1.54, 1.807) is 0 Å². The summed E-state index contributed by atoms with van der Waals surface area (Å²) in [4.78, 5) is 0. The van der Waals surface area contributed by atoms with Gasteiger partial charge in [-0.05, 0) is 43.5 Å². The van der Waals surface area contributed by atoms with Crippen LogP contribution in [0.1, 0.15) is 37.7 Å². The first-order valence-electron chi connectivity index (χ1n) is 6.74. The Bertz CT molecular complexity index is 475. The van der Waals surface area contributed by atoms with E-state index >= 15 is 0 Å². The Morgan fingerprint density at radius 1 is 1.05 bits per heavy atom. The molecule has 1 saturated carbocycles. The minimum atomic E-state index is -4.34. The Balaban J connectivity index is 2.07. The van der Waals surface area contributed by atoms with E-state index in [1.165, 1.54) is 12.1 Å². The van der Waals surface area contributed by atoms with Crippen LogP contribution in [0.5, 0.6) is 5.75 Å². The van der Waals surface area contributed by atoms with Gasteiger partial charge in [0, 0.05) is 0 Å². The van der Waals surface area contributed by atoms with Crippen molar-refractivity contribution >= 4 is 0 Å². The van der Waals surface area contributed by atoms with E-state index in [1.807, 2.05) is 0 Å². The third-order valence-corrected chi connectivity index (χ3v) is 3.59. The first kappa shape index (κ1) is 14.7. The molecule has 2 nitrogen and oxygen atoms in total. The molecule has 1 aromatic rings. The van der Waals surface area contributed by atoms with Crippen molar-refractivity contribution in [2.24, 2.45) is 5.92 Å². The van der Waals surface area contributed by atoms with E-state index in [0.717, 1.165) is 44.2 Å². The molecule has 2 atom stereocenters. The molecular weight excluding hydrogens is 267 g/mol. The van der Waals surface area contributed by atoms with Gasteiger partial charge in [0.25, 0.3) is 0 Å². The molecule has 0 radical (unpaired) electrons. The van der Waals surface area contributed by atoms with Crippen molar-refractivity contribution < 1.29 is 17.9 Å². The Morgan fingerprint density at radius 2 is 1.70 bits per heavy atom. The van der Waals surface area contributed by atoms with Crippen molar-refractivity contribution in [1.82, 2.24) is 0 Å². The van der Waals surface area contributed by atoms with Gasteiger partial charge < -0.3 is 4.74 Å². The number of benzene rings is 1. The normalized spacial score (nSPS) is 23.7. The van der Waals surface area contributed by atoms with Crippen LogP contribution < -0.4 is 4.74 Å². The number of nitrogens with zero attached hydrogens (tertiary/aromatic N) is 1. The molecule has 0 heterocycles. The van der Waals surface area contributed by atoms with E-state index in [2.05, 4.69) is 6.07 Å². The lowest BCUT2D eigenvalue weighted by Gasteiger charge is -2.21. The molecule has 108 valence electrons. The van der Waals surface area contributed by atoms with Gasteiger partial charge >= 0.3 is 6.18 Å². The fourth-order valence-electron chi connectivity index (χ4n) is 2.46. The number of rotatable bonds is 2. The van der Waals surface area contributed by atoms with E-state index in [9.17, 15) is 13.2 Å². The van der Waals surface area contributed by atoms with Gasteiger partial charge in [-0.1, -0.05) is 12.8 Å². The van der Waals surface area contributed by atoms with Gasteiger partial charge in [-0.15, -0.1) is 0 Å². The number of ether oxygens (including phenoxy) is 1. The van der Waals surface area contributed by atoms with Crippen molar-refractivity contribution in [2.75, 3.05) is 0 Å². The molecule has 0 aliphatic heterocycles. The first-order valence-corrected chi connectivity index (χ1v) is 6.74. The van der Waals surface area contributed by atoms with Crippen molar-refractivity contribution in [3.8, 4) is 11.8 Å². The van der Waals surface area contributed by atoms with Crippen LogP contribution in [-0.2, 0) is 6.18 Å². The van der Waals surface area contributed by atoms with E-state index in [0.29, 0.717) is 5.75 Å². The van der Waals surface area contributed by atoms with Gasteiger partial charge in [-0.3, -0.25) is 0 Å². The van der Waals surface area contributed by atoms with Crippen molar-refractivity contribution in [1.29, 1.82) is 5.26 Å². The zero-order valence-corrected chi connectivity index (χ0v) is 11.0. The zero-order chi connectivity index (χ0) is 14.6. The highest BCUT2D eigenvalue weighted by molar-refractivity contribution is 5.29. The van der Waals surface area contributed by atoms with E-state index < -0.39 is 11.7 Å². The van der Waals surface area contributed by atoms with Crippen LogP contribution in [0.3, 0.4) is 0 Å². The van der Waals surface area contributed by atoms with Crippen molar-refractivity contribution in [3.63, 3.8) is 0 Å². The van der Waals surface area contributed by atoms with Gasteiger partial charge in [0.05, 0.1) is 17.6 Å². The Morgan fingerprint density at radius 3 is 2.30 bits per heavy atom. The van der Waals surface area contributed by atoms with Crippen LogP contribution in [0.2, 0.25) is 0 Å². The second-order valence-electron chi connectivity index (χ2n) is 5.05. The highest BCUT2D eigenvalue weighted by Gasteiger charge is 2.30. The SMILES string of the molecule is N#CC1CCCCCC1Oc1ccc(C(F)(F)F)cc1. The molecule has 0 bridgehead atoms. The molecule has 20 heavy (non-hydrogen) atoms. The predicted molar refractivity (Wildman–Crippen MR) is 68.0 cm³/mol. The molecule has 0 amide bonds. The number of hydrogen-bond acceptors (Lipinski definition) is 2. The van der Waals surface area contributed by atoms with Crippen LogP contribution >= 0.6 is 0 Å². The number of halogens is 3. The van der Waals surface area contributed by atoms with Gasteiger partial charge in [-0.25, -0.2) is 0 Å². The third kappa shape index (κ3) is 3.66. The van der Waals surface area contributed by atoms with Crippen LogP contribution in [0.15, 0.2) is 24.3 Å². The van der Waals surface area contributed by atoms with Crippen LogP contribution in [-0.4, -0.2) is 6.10 Å². The molecule has 0 spiro atoms. The number of nitriles is 1. The molecule has 1 fully saturated rings. The molecule has 2 rings (SSSR count). The number of alkyl halides is 3. The maximum atomic E-state index is 12.5. The Hall–Kier alpha value is -1.70. The predicted octanol–water partition coefficient (Wildman–Crippen LogP) is 4.56. The average molecular weight is 283 g/mol. The van der Waals surface area contributed by atoms with Crippen LogP contribution in [0.25, 0.3) is 0 Å². The fourth-order valence-corrected chi connectivity index (χ4v) is 2.46. The summed E-state index contributed by atoms with van der Waals surface area (Å²) in [6, 6.07) is 6.90. The van der Waals surface area contributed by atoms with E-state index in [4.69, 9.17) is 10.00 Å². The van der Waals surface area contributed by atoms with Crippen molar-refractivity contribution in [2.45, 2.75) is 44.4 Å². The van der Waals surface area contributed by atoms with Gasteiger partial charge in [-0.2, -0.15) is 18.4 Å². The molecule has 0 saturated heterocycles. The smallest absolute Gasteiger partial charge is 0.416 e. The quantitative estimate of drug-likeness (QED) is 0.745. The molecule has 1 aliphatic rings. The second kappa shape index (κ2) is 6.17. The molecule has 0 N–H and O–H groups in total. The summed E-state index contributed by atoms with van der Waals surface area (Å²) in [5.41, 5.74) is -0.692. The van der Waals surface area contributed by atoms with Crippen LogP contribution in [0, 0.1) is 17.2 Å². The maximum absolute atomic E-state index is 12.5. The lowest BCUT2D eigenvalue weighted by atomic mass is 9.99. The molecule has 2 unspecified atom stereocenters. The number of hydrogen-bond donors (Lipinski definition) is 0. The molecule has 0 aromatic heterocycles. The monoisotopic (exact) mass is 283 g/mol. The van der Waals surface area contributed by atoms with E-state index in [-0.39, 0.29) is 12.0 Å². The minimum Gasteiger partial charge on any atom is -0.489 e. The van der Waals surface area contributed by atoms with Gasteiger partial charge in [0.2, 0.25) is 0 Å².